The summed E-state index contributed by atoms with van der Waals surface area (Å²) in [5.74, 6) is 0. The normalized spacial score (nSPS) is 13.0. The van der Waals surface area contributed by atoms with Crippen molar-refractivity contribution in [2.45, 2.75) is 78.1 Å². The summed E-state index contributed by atoms with van der Waals surface area (Å²) in [6, 6.07) is 0. The van der Waals surface area contributed by atoms with Crippen LogP contribution in [-0.2, 0) is 4.74 Å². The van der Waals surface area contributed by atoms with E-state index >= 15 is 0 Å². The molecule has 1 heteroatoms. The van der Waals surface area contributed by atoms with Crippen LogP contribution in [0.1, 0.15) is 78.1 Å². The van der Waals surface area contributed by atoms with E-state index in [-0.39, 0.29) is 0 Å². The molecule has 0 aromatic carbocycles. The summed E-state index contributed by atoms with van der Waals surface area (Å²) in [5.41, 5.74) is 0. The number of hydrogen-bond donors (Lipinski definition) is 0. The van der Waals surface area contributed by atoms with E-state index in [1.54, 1.807) is 12.5 Å². The Balaban J connectivity index is 3.55. The van der Waals surface area contributed by atoms with Gasteiger partial charge in [-0.05, 0) is 37.8 Å². The standard InChI is InChI=1S/C24H38O/c1-3-5-7-9-11-13-15-17-19-21-23-25-24-22-20-18-16-14-12-10-8-6-4-2/h13-24H,3-12H2,1-2H3/b15-13+,16-14+,19-17+,20-18+,23-21+,24-22+. The van der Waals surface area contributed by atoms with Crippen LogP contribution in [0.4, 0.5) is 0 Å². The number of rotatable bonds is 16. The fourth-order valence-electron chi connectivity index (χ4n) is 2.21. The largest absolute Gasteiger partial charge is 0.473 e. The fraction of sp³-hybridized carbons (Fsp3) is 0.500. The molecule has 1 nitrogen and oxygen atoms in total. The molecule has 0 bridgehead atoms. The van der Waals surface area contributed by atoms with Gasteiger partial charge in [0.25, 0.3) is 0 Å². The Morgan fingerprint density at radius 3 is 1.36 bits per heavy atom. The highest BCUT2D eigenvalue weighted by molar-refractivity contribution is 5.11. The van der Waals surface area contributed by atoms with Crippen molar-refractivity contribution in [3.63, 3.8) is 0 Å². The van der Waals surface area contributed by atoms with Crippen LogP contribution in [0.25, 0.3) is 0 Å². The van der Waals surface area contributed by atoms with Gasteiger partial charge in [0.1, 0.15) is 0 Å². The van der Waals surface area contributed by atoms with Crippen molar-refractivity contribution in [3.8, 4) is 0 Å². The van der Waals surface area contributed by atoms with Crippen molar-refractivity contribution < 1.29 is 4.74 Å². The van der Waals surface area contributed by atoms with E-state index in [2.05, 4.69) is 38.2 Å². The Morgan fingerprint density at radius 2 is 0.920 bits per heavy atom. The van der Waals surface area contributed by atoms with Crippen molar-refractivity contribution in [1.82, 2.24) is 0 Å². The van der Waals surface area contributed by atoms with E-state index < -0.39 is 0 Å². The molecule has 0 spiro atoms. The lowest BCUT2D eigenvalue weighted by Gasteiger charge is -1.92. The van der Waals surface area contributed by atoms with Crippen LogP contribution in [0.5, 0.6) is 0 Å². The van der Waals surface area contributed by atoms with Gasteiger partial charge in [-0.2, -0.15) is 0 Å². The SMILES string of the molecule is CCCCCC/C=C/C=C/C=C/O/C=C/C=C/C=C/CCCCCC. The molecule has 0 aliphatic carbocycles. The summed E-state index contributed by atoms with van der Waals surface area (Å²) in [6.07, 6.45) is 36.8. The number of allylic oxidation sites excluding steroid dienone is 10. The minimum atomic E-state index is 1.17. The molecule has 25 heavy (non-hydrogen) atoms. The summed E-state index contributed by atoms with van der Waals surface area (Å²) in [4.78, 5) is 0. The van der Waals surface area contributed by atoms with Crippen LogP contribution in [0.3, 0.4) is 0 Å². The van der Waals surface area contributed by atoms with E-state index in [9.17, 15) is 0 Å². The Hall–Kier alpha value is -1.76. The second kappa shape index (κ2) is 22.2. The van der Waals surface area contributed by atoms with Crippen LogP contribution in [0.15, 0.2) is 73.3 Å². The molecule has 0 aliphatic heterocycles. The zero-order valence-corrected chi connectivity index (χ0v) is 16.4. The van der Waals surface area contributed by atoms with E-state index in [0.29, 0.717) is 0 Å². The van der Waals surface area contributed by atoms with Gasteiger partial charge >= 0.3 is 0 Å². The van der Waals surface area contributed by atoms with E-state index in [4.69, 9.17) is 4.74 Å². The van der Waals surface area contributed by atoms with Gasteiger partial charge in [-0.3, -0.25) is 0 Å². The third kappa shape index (κ3) is 22.2. The highest BCUT2D eigenvalue weighted by Gasteiger charge is 1.83. The highest BCUT2D eigenvalue weighted by Crippen LogP contribution is 2.03. The molecular weight excluding hydrogens is 304 g/mol. The average molecular weight is 343 g/mol. The first kappa shape index (κ1) is 23.2. The van der Waals surface area contributed by atoms with Crippen molar-refractivity contribution in [2.75, 3.05) is 0 Å². The maximum Gasteiger partial charge on any atom is 0.0901 e. The summed E-state index contributed by atoms with van der Waals surface area (Å²) in [6.45, 7) is 4.48. The highest BCUT2D eigenvalue weighted by atomic mass is 16.5. The first-order chi connectivity index (χ1) is 12.4. The number of hydrogen-bond acceptors (Lipinski definition) is 1. The van der Waals surface area contributed by atoms with Gasteiger partial charge in [-0.25, -0.2) is 0 Å². The van der Waals surface area contributed by atoms with Crippen LogP contribution >= 0.6 is 0 Å². The van der Waals surface area contributed by atoms with Gasteiger partial charge in [0, 0.05) is 0 Å². The Morgan fingerprint density at radius 1 is 0.480 bits per heavy atom. The third-order valence-corrected chi connectivity index (χ3v) is 3.70. The summed E-state index contributed by atoms with van der Waals surface area (Å²) in [7, 11) is 0. The molecule has 0 radical (unpaired) electrons. The lowest BCUT2D eigenvalue weighted by Crippen LogP contribution is -1.72. The van der Waals surface area contributed by atoms with E-state index in [1.807, 2.05) is 36.5 Å². The fourth-order valence-corrected chi connectivity index (χ4v) is 2.21. The van der Waals surface area contributed by atoms with Crippen LogP contribution in [0, 0.1) is 0 Å². The molecule has 140 valence electrons. The molecule has 0 saturated carbocycles. The zero-order chi connectivity index (χ0) is 18.3. The lowest BCUT2D eigenvalue weighted by molar-refractivity contribution is 0.403. The summed E-state index contributed by atoms with van der Waals surface area (Å²) >= 11 is 0. The molecule has 0 saturated heterocycles. The molecule has 0 heterocycles. The molecule has 0 rings (SSSR count). The minimum Gasteiger partial charge on any atom is -0.473 e. The monoisotopic (exact) mass is 342 g/mol. The molecule has 0 fully saturated rings. The molecule has 0 aromatic heterocycles. The number of ether oxygens (including phenoxy) is 1. The van der Waals surface area contributed by atoms with Gasteiger partial charge in [0.2, 0.25) is 0 Å². The molecule has 0 unspecified atom stereocenters. The molecular formula is C24H38O. The van der Waals surface area contributed by atoms with Gasteiger partial charge in [-0.1, -0.05) is 101 Å². The van der Waals surface area contributed by atoms with E-state index in [0.717, 1.165) is 0 Å². The second-order valence-corrected chi connectivity index (χ2v) is 6.12. The molecule has 0 aliphatic rings. The van der Waals surface area contributed by atoms with Gasteiger partial charge < -0.3 is 4.74 Å². The van der Waals surface area contributed by atoms with Gasteiger partial charge in [0.15, 0.2) is 0 Å². The minimum absolute atomic E-state index is 1.17. The quantitative estimate of drug-likeness (QED) is 0.156. The summed E-state index contributed by atoms with van der Waals surface area (Å²) in [5, 5.41) is 0. The van der Waals surface area contributed by atoms with Crippen molar-refractivity contribution in [1.29, 1.82) is 0 Å². The predicted octanol–water partition coefficient (Wildman–Crippen LogP) is 8.20. The molecule has 0 aromatic rings. The molecule has 0 atom stereocenters. The predicted molar refractivity (Wildman–Crippen MR) is 113 cm³/mol. The topological polar surface area (TPSA) is 9.23 Å². The van der Waals surface area contributed by atoms with E-state index in [1.165, 1.54) is 64.2 Å². The van der Waals surface area contributed by atoms with Gasteiger partial charge in [0.05, 0.1) is 12.5 Å². The zero-order valence-electron chi connectivity index (χ0n) is 16.4. The molecule has 0 N–H and O–H groups in total. The van der Waals surface area contributed by atoms with Crippen LogP contribution in [0.2, 0.25) is 0 Å². The first-order valence-electron chi connectivity index (χ1n) is 10.0. The Kier molecular flexibility index (Phi) is 20.7. The summed E-state index contributed by atoms with van der Waals surface area (Å²) < 4.78 is 5.27. The Bertz CT molecular complexity index is 381. The third-order valence-electron chi connectivity index (χ3n) is 3.70. The van der Waals surface area contributed by atoms with Gasteiger partial charge in [-0.15, -0.1) is 0 Å². The van der Waals surface area contributed by atoms with Crippen LogP contribution < -0.4 is 0 Å². The average Bonchev–Trinajstić information content (AvgIpc) is 2.63. The van der Waals surface area contributed by atoms with Crippen molar-refractivity contribution in [3.05, 3.63) is 73.3 Å². The number of unbranched alkanes of at least 4 members (excludes halogenated alkanes) is 8. The molecule has 0 amide bonds. The van der Waals surface area contributed by atoms with Crippen molar-refractivity contribution >= 4 is 0 Å². The first-order valence-corrected chi connectivity index (χ1v) is 10.0. The lowest BCUT2D eigenvalue weighted by atomic mass is 10.1. The maximum absolute atomic E-state index is 5.27. The second-order valence-electron chi connectivity index (χ2n) is 6.12. The van der Waals surface area contributed by atoms with Crippen LogP contribution in [-0.4, -0.2) is 0 Å². The van der Waals surface area contributed by atoms with Crippen molar-refractivity contribution in [2.24, 2.45) is 0 Å². The Labute approximate surface area is 156 Å². The smallest absolute Gasteiger partial charge is 0.0901 e. The maximum atomic E-state index is 5.27.